The molecule has 1 N–H and O–H groups in total. The fourth-order valence-corrected chi connectivity index (χ4v) is 4.66. The Morgan fingerprint density at radius 1 is 1.35 bits per heavy atom. The third kappa shape index (κ3) is 3.00. The minimum atomic E-state index is 0.134. The van der Waals surface area contributed by atoms with Crippen molar-refractivity contribution in [2.24, 2.45) is 5.92 Å². The van der Waals surface area contributed by atoms with Gasteiger partial charge in [0.2, 0.25) is 0 Å². The van der Waals surface area contributed by atoms with Crippen molar-refractivity contribution in [3.8, 4) is 10.6 Å². The van der Waals surface area contributed by atoms with Crippen LogP contribution in [0.5, 0.6) is 0 Å². The molecule has 1 atom stereocenters. The molecule has 4 rings (SSSR count). The molecular weight excluding hydrogens is 344 g/mol. The first kappa shape index (κ1) is 17.5. The monoisotopic (exact) mass is 370 g/mol. The fraction of sp³-hybridized carbons (Fsp3) is 0.550. The summed E-state index contributed by atoms with van der Waals surface area (Å²) < 4.78 is 0. The number of nitrogens with zero attached hydrogens (tertiary/aromatic N) is 3. The number of hydrogen-bond acceptors (Lipinski definition) is 5. The SMILES string of the molecule is CCCNc1nc(-c2sc(C)nc2C)cc2c1C(=O)N([C@@H](C)C1CC1)C2. The Labute approximate surface area is 158 Å². The van der Waals surface area contributed by atoms with Crippen LogP contribution >= 0.6 is 11.3 Å². The van der Waals surface area contributed by atoms with Crippen LogP contribution in [0.1, 0.15) is 59.7 Å². The van der Waals surface area contributed by atoms with Crippen molar-refractivity contribution in [3.05, 3.63) is 27.9 Å². The first-order valence-corrected chi connectivity index (χ1v) is 10.3. The van der Waals surface area contributed by atoms with E-state index in [9.17, 15) is 4.79 Å². The van der Waals surface area contributed by atoms with Gasteiger partial charge in [-0.2, -0.15) is 0 Å². The minimum Gasteiger partial charge on any atom is -0.369 e. The molecule has 2 aromatic rings. The number of carbonyl (C=O) groups excluding carboxylic acids is 1. The molecule has 0 saturated heterocycles. The van der Waals surface area contributed by atoms with Gasteiger partial charge in [-0.15, -0.1) is 11.3 Å². The van der Waals surface area contributed by atoms with Crippen molar-refractivity contribution in [2.75, 3.05) is 11.9 Å². The van der Waals surface area contributed by atoms with Crippen LogP contribution in [0.25, 0.3) is 10.6 Å². The van der Waals surface area contributed by atoms with Gasteiger partial charge in [0.1, 0.15) is 5.82 Å². The van der Waals surface area contributed by atoms with Gasteiger partial charge in [0, 0.05) is 19.1 Å². The highest BCUT2D eigenvalue weighted by molar-refractivity contribution is 7.15. The zero-order chi connectivity index (χ0) is 18.4. The summed E-state index contributed by atoms with van der Waals surface area (Å²) in [5.74, 6) is 1.54. The van der Waals surface area contributed by atoms with Crippen molar-refractivity contribution in [1.82, 2.24) is 14.9 Å². The van der Waals surface area contributed by atoms with Gasteiger partial charge in [-0.3, -0.25) is 4.79 Å². The summed E-state index contributed by atoms with van der Waals surface area (Å²) in [6, 6.07) is 2.41. The summed E-state index contributed by atoms with van der Waals surface area (Å²) in [5.41, 5.74) is 3.80. The largest absolute Gasteiger partial charge is 0.369 e. The number of aromatic nitrogens is 2. The van der Waals surface area contributed by atoms with Crippen LogP contribution in [0.15, 0.2) is 6.07 Å². The molecule has 138 valence electrons. The molecule has 0 bridgehead atoms. The normalized spacial score (nSPS) is 17.5. The molecule has 0 radical (unpaired) electrons. The van der Waals surface area contributed by atoms with Crippen molar-refractivity contribution in [3.63, 3.8) is 0 Å². The van der Waals surface area contributed by atoms with Crippen LogP contribution in [0.2, 0.25) is 0 Å². The number of pyridine rings is 1. The van der Waals surface area contributed by atoms with Crippen LogP contribution in [0.3, 0.4) is 0 Å². The summed E-state index contributed by atoms with van der Waals surface area (Å²) in [7, 11) is 0. The summed E-state index contributed by atoms with van der Waals surface area (Å²) in [6.45, 7) is 9.86. The van der Waals surface area contributed by atoms with Gasteiger partial charge in [0.05, 0.1) is 26.8 Å². The van der Waals surface area contributed by atoms with Gasteiger partial charge in [0.25, 0.3) is 5.91 Å². The first-order valence-electron chi connectivity index (χ1n) is 9.52. The molecule has 1 saturated carbocycles. The Balaban J connectivity index is 1.76. The summed E-state index contributed by atoms with van der Waals surface area (Å²) in [5, 5.41) is 4.44. The molecular formula is C20H26N4OS. The Hall–Kier alpha value is -1.95. The van der Waals surface area contributed by atoms with E-state index in [0.717, 1.165) is 51.2 Å². The minimum absolute atomic E-state index is 0.134. The average Bonchev–Trinajstić information content (AvgIpc) is 3.33. The van der Waals surface area contributed by atoms with E-state index in [4.69, 9.17) is 4.98 Å². The van der Waals surface area contributed by atoms with Gasteiger partial charge >= 0.3 is 0 Å². The molecule has 2 aromatic heterocycles. The molecule has 5 nitrogen and oxygen atoms in total. The van der Waals surface area contributed by atoms with E-state index in [2.05, 4.69) is 30.2 Å². The number of fused-ring (bicyclic) bond motifs is 1. The van der Waals surface area contributed by atoms with Crippen LogP contribution < -0.4 is 5.32 Å². The van der Waals surface area contributed by atoms with Gasteiger partial charge in [-0.05, 0) is 57.6 Å². The summed E-state index contributed by atoms with van der Waals surface area (Å²) >= 11 is 1.67. The van der Waals surface area contributed by atoms with Gasteiger partial charge in [-0.25, -0.2) is 9.97 Å². The maximum atomic E-state index is 13.1. The smallest absolute Gasteiger partial charge is 0.258 e. The highest BCUT2D eigenvalue weighted by Gasteiger charge is 2.40. The zero-order valence-electron chi connectivity index (χ0n) is 15.9. The number of amides is 1. The van der Waals surface area contributed by atoms with Gasteiger partial charge in [-0.1, -0.05) is 6.92 Å². The molecule has 1 fully saturated rings. The predicted molar refractivity (Wildman–Crippen MR) is 106 cm³/mol. The van der Waals surface area contributed by atoms with Crippen LogP contribution in [0, 0.1) is 19.8 Å². The lowest BCUT2D eigenvalue weighted by Crippen LogP contribution is -2.34. The van der Waals surface area contributed by atoms with Gasteiger partial charge < -0.3 is 10.2 Å². The number of nitrogens with one attached hydrogen (secondary N) is 1. The van der Waals surface area contributed by atoms with Crippen LogP contribution in [-0.2, 0) is 6.54 Å². The Morgan fingerprint density at radius 2 is 2.12 bits per heavy atom. The van der Waals surface area contributed by atoms with Crippen LogP contribution in [0.4, 0.5) is 5.82 Å². The highest BCUT2D eigenvalue weighted by Crippen LogP contribution is 2.41. The summed E-state index contributed by atoms with van der Waals surface area (Å²) in [6.07, 6.45) is 3.48. The molecule has 0 aromatic carbocycles. The second kappa shape index (κ2) is 6.65. The van der Waals surface area contributed by atoms with Crippen molar-refractivity contribution in [1.29, 1.82) is 0 Å². The molecule has 6 heteroatoms. The van der Waals surface area contributed by atoms with E-state index in [1.807, 2.05) is 18.7 Å². The molecule has 0 spiro atoms. The van der Waals surface area contributed by atoms with E-state index in [-0.39, 0.29) is 5.91 Å². The highest BCUT2D eigenvalue weighted by atomic mass is 32.1. The second-order valence-corrected chi connectivity index (χ2v) is 8.68. The first-order chi connectivity index (χ1) is 12.5. The summed E-state index contributed by atoms with van der Waals surface area (Å²) in [4.78, 5) is 25.6. The second-order valence-electron chi connectivity index (χ2n) is 7.48. The maximum Gasteiger partial charge on any atom is 0.258 e. The molecule has 0 unspecified atom stereocenters. The van der Waals surface area contributed by atoms with E-state index in [1.165, 1.54) is 12.8 Å². The molecule has 1 amide bonds. The lowest BCUT2D eigenvalue weighted by atomic mass is 10.1. The predicted octanol–water partition coefficient (Wildman–Crippen LogP) is 4.40. The zero-order valence-corrected chi connectivity index (χ0v) is 16.7. The molecule has 1 aliphatic heterocycles. The van der Waals surface area contributed by atoms with E-state index >= 15 is 0 Å². The number of rotatable bonds is 6. The Morgan fingerprint density at radius 3 is 2.73 bits per heavy atom. The average molecular weight is 371 g/mol. The van der Waals surface area contributed by atoms with Crippen molar-refractivity contribution >= 4 is 23.1 Å². The lowest BCUT2D eigenvalue weighted by molar-refractivity contribution is 0.0698. The quantitative estimate of drug-likeness (QED) is 0.819. The number of thiazole rings is 1. The Kier molecular flexibility index (Phi) is 4.47. The number of anilines is 1. The van der Waals surface area contributed by atoms with Crippen molar-refractivity contribution in [2.45, 2.75) is 59.5 Å². The third-order valence-electron chi connectivity index (χ3n) is 5.39. The number of carbonyl (C=O) groups is 1. The van der Waals surface area contributed by atoms with E-state index in [1.54, 1.807) is 11.3 Å². The van der Waals surface area contributed by atoms with Gasteiger partial charge in [0.15, 0.2) is 0 Å². The standard InChI is InChI=1S/C20H26N4OS/c1-5-8-21-19-17-15(10-24(20(17)25)12(3)14-6-7-14)9-16(23-19)18-11(2)22-13(4)26-18/h9,12,14H,5-8,10H2,1-4H3,(H,21,23)/t12-/m0/s1. The van der Waals surface area contributed by atoms with Crippen molar-refractivity contribution < 1.29 is 4.79 Å². The van der Waals surface area contributed by atoms with E-state index in [0.29, 0.717) is 18.5 Å². The topological polar surface area (TPSA) is 58.1 Å². The molecule has 1 aliphatic carbocycles. The third-order valence-corrected chi connectivity index (χ3v) is 6.49. The number of hydrogen-bond donors (Lipinski definition) is 1. The number of aryl methyl sites for hydroxylation is 2. The van der Waals surface area contributed by atoms with E-state index < -0.39 is 0 Å². The lowest BCUT2D eigenvalue weighted by Gasteiger charge is -2.24. The maximum absolute atomic E-state index is 13.1. The Bertz CT molecular complexity index is 856. The molecule has 26 heavy (non-hydrogen) atoms. The van der Waals surface area contributed by atoms with Crippen LogP contribution in [-0.4, -0.2) is 33.4 Å². The molecule has 3 heterocycles. The molecule has 2 aliphatic rings. The fourth-order valence-electron chi connectivity index (χ4n) is 3.78.